The van der Waals surface area contributed by atoms with E-state index in [4.69, 9.17) is 0 Å². The van der Waals surface area contributed by atoms with Crippen LogP contribution in [0.15, 0.2) is 23.1 Å². The highest BCUT2D eigenvalue weighted by atomic mass is 32.2. The van der Waals surface area contributed by atoms with Crippen molar-refractivity contribution >= 4 is 27.5 Å². The monoisotopic (exact) mass is 332 g/mol. The molecule has 1 atom stereocenters. The molecule has 0 saturated carbocycles. The zero-order chi connectivity index (χ0) is 15.6. The Morgan fingerprint density at radius 1 is 1.52 bits per heavy atom. The maximum Gasteiger partial charge on any atom is 0.312 e. The van der Waals surface area contributed by atoms with E-state index in [1.165, 1.54) is 10.4 Å². The first-order valence-corrected chi connectivity index (χ1v) is 8.94. The lowest BCUT2D eigenvalue weighted by Crippen LogP contribution is -2.41. The molecule has 1 unspecified atom stereocenters. The van der Waals surface area contributed by atoms with E-state index in [9.17, 15) is 23.6 Å². The van der Waals surface area contributed by atoms with Gasteiger partial charge in [-0.1, -0.05) is 6.92 Å². The van der Waals surface area contributed by atoms with Gasteiger partial charge in [-0.25, -0.2) is 8.42 Å². The minimum Gasteiger partial charge on any atom is -0.502 e. The summed E-state index contributed by atoms with van der Waals surface area (Å²) in [6, 6.07) is 3.15. The van der Waals surface area contributed by atoms with Gasteiger partial charge in [-0.15, -0.1) is 0 Å². The molecule has 21 heavy (non-hydrogen) atoms. The van der Waals surface area contributed by atoms with Gasteiger partial charge in [-0.2, -0.15) is 16.1 Å². The Morgan fingerprint density at radius 2 is 2.24 bits per heavy atom. The fraction of sp³-hybridized carbons (Fsp3) is 0.500. The number of phenolic OH excluding ortho intramolecular Hbond substituents is 1. The maximum absolute atomic E-state index is 12.5. The van der Waals surface area contributed by atoms with Gasteiger partial charge in [0.25, 0.3) is 0 Å². The van der Waals surface area contributed by atoms with Crippen molar-refractivity contribution < 1.29 is 18.4 Å². The third-order valence-corrected chi connectivity index (χ3v) is 6.57. The molecule has 0 aliphatic carbocycles. The van der Waals surface area contributed by atoms with Crippen LogP contribution in [-0.4, -0.2) is 46.8 Å². The Balaban J connectivity index is 2.35. The van der Waals surface area contributed by atoms with E-state index in [1.54, 1.807) is 11.8 Å². The Morgan fingerprint density at radius 3 is 2.86 bits per heavy atom. The van der Waals surface area contributed by atoms with Crippen LogP contribution in [0.1, 0.15) is 13.3 Å². The molecule has 116 valence electrons. The van der Waals surface area contributed by atoms with Crippen LogP contribution in [-0.2, 0) is 10.0 Å². The number of hydrogen-bond donors (Lipinski definition) is 1. The highest BCUT2D eigenvalue weighted by molar-refractivity contribution is 8.00. The van der Waals surface area contributed by atoms with Crippen molar-refractivity contribution in [3.8, 4) is 5.75 Å². The zero-order valence-electron chi connectivity index (χ0n) is 11.4. The SMILES string of the molecule is CCC1CN(S(=O)(=O)c2ccc(O)c([N+](=O)[O-])c2)CCS1. The van der Waals surface area contributed by atoms with E-state index >= 15 is 0 Å². The topological polar surface area (TPSA) is 101 Å². The van der Waals surface area contributed by atoms with Crippen LogP contribution in [0.3, 0.4) is 0 Å². The first kappa shape index (κ1) is 16.1. The molecule has 0 amide bonds. The highest BCUT2D eigenvalue weighted by Gasteiger charge is 2.31. The van der Waals surface area contributed by atoms with E-state index in [0.717, 1.165) is 18.6 Å². The van der Waals surface area contributed by atoms with Gasteiger partial charge in [0, 0.05) is 30.2 Å². The summed E-state index contributed by atoms with van der Waals surface area (Å²) in [5, 5.41) is 20.5. The second-order valence-electron chi connectivity index (χ2n) is 4.67. The Kier molecular flexibility index (Phi) is 4.74. The third-order valence-electron chi connectivity index (χ3n) is 3.34. The van der Waals surface area contributed by atoms with Crippen molar-refractivity contribution in [2.45, 2.75) is 23.5 Å². The summed E-state index contributed by atoms with van der Waals surface area (Å²) >= 11 is 1.73. The van der Waals surface area contributed by atoms with Crippen LogP contribution in [0.2, 0.25) is 0 Å². The number of sulfonamides is 1. The van der Waals surface area contributed by atoms with E-state index in [1.807, 2.05) is 6.92 Å². The molecule has 1 N–H and O–H groups in total. The van der Waals surface area contributed by atoms with Gasteiger partial charge in [0.05, 0.1) is 9.82 Å². The average Bonchev–Trinajstić information content (AvgIpc) is 2.47. The van der Waals surface area contributed by atoms with Crippen LogP contribution >= 0.6 is 11.8 Å². The molecule has 1 aromatic rings. The number of nitro benzene ring substituents is 1. The fourth-order valence-electron chi connectivity index (χ4n) is 2.12. The van der Waals surface area contributed by atoms with E-state index in [-0.39, 0.29) is 10.1 Å². The molecule has 0 spiro atoms. The zero-order valence-corrected chi connectivity index (χ0v) is 13.1. The molecule has 0 radical (unpaired) electrons. The van der Waals surface area contributed by atoms with Crippen molar-refractivity contribution in [3.05, 3.63) is 28.3 Å². The van der Waals surface area contributed by atoms with Crippen molar-refractivity contribution in [1.29, 1.82) is 0 Å². The van der Waals surface area contributed by atoms with Gasteiger partial charge in [0.1, 0.15) is 0 Å². The molecule has 9 heteroatoms. The first-order valence-electron chi connectivity index (χ1n) is 6.45. The number of phenols is 1. The van der Waals surface area contributed by atoms with Crippen LogP contribution in [0.25, 0.3) is 0 Å². The lowest BCUT2D eigenvalue weighted by atomic mass is 10.3. The maximum atomic E-state index is 12.5. The molecular formula is C12H16N2O5S2. The normalized spacial score (nSPS) is 20.3. The van der Waals surface area contributed by atoms with Gasteiger partial charge in [0.2, 0.25) is 10.0 Å². The van der Waals surface area contributed by atoms with E-state index < -0.39 is 26.4 Å². The summed E-state index contributed by atoms with van der Waals surface area (Å²) in [6.45, 7) is 2.79. The van der Waals surface area contributed by atoms with Crippen molar-refractivity contribution in [3.63, 3.8) is 0 Å². The predicted octanol–water partition coefficient (Wildman–Crippen LogP) is 1.82. The number of thioether (sulfide) groups is 1. The molecule has 2 rings (SSSR count). The Bertz CT molecular complexity index is 647. The van der Waals surface area contributed by atoms with Gasteiger partial charge in [-0.3, -0.25) is 10.1 Å². The number of nitro groups is 1. The molecule has 1 saturated heterocycles. The average molecular weight is 332 g/mol. The van der Waals surface area contributed by atoms with Crippen LogP contribution in [0.4, 0.5) is 5.69 Å². The minimum absolute atomic E-state index is 0.159. The molecular weight excluding hydrogens is 316 g/mol. The standard InChI is InChI=1S/C12H16N2O5S2/c1-2-9-8-13(5-6-20-9)21(18,19)10-3-4-12(15)11(7-10)14(16)17/h3-4,7,9,15H,2,5-6,8H2,1H3. The second-order valence-corrected chi connectivity index (χ2v) is 8.02. The summed E-state index contributed by atoms with van der Waals surface area (Å²) in [6.07, 6.45) is 0.867. The largest absolute Gasteiger partial charge is 0.502 e. The third kappa shape index (κ3) is 3.30. The quantitative estimate of drug-likeness (QED) is 0.666. The summed E-state index contributed by atoms with van der Waals surface area (Å²) in [5.74, 6) is 0.164. The molecule has 1 fully saturated rings. The highest BCUT2D eigenvalue weighted by Crippen LogP contribution is 2.31. The van der Waals surface area contributed by atoms with Crippen molar-refractivity contribution in [2.75, 3.05) is 18.8 Å². The van der Waals surface area contributed by atoms with Gasteiger partial charge in [-0.05, 0) is 18.6 Å². The summed E-state index contributed by atoms with van der Waals surface area (Å²) in [5.41, 5.74) is -0.602. The fourth-order valence-corrected chi connectivity index (χ4v) is 5.01. The predicted molar refractivity (Wildman–Crippen MR) is 80.1 cm³/mol. The van der Waals surface area contributed by atoms with Gasteiger partial charge >= 0.3 is 5.69 Å². The second kappa shape index (κ2) is 6.20. The summed E-state index contributed by atoms with van der Waals surface area (Å²) < 4.78 is 26.4. The van der Waals surface area contributed by atoms with Crippen molar-refractivity contribution in [2.24, 2.45) is 0 Å². The number of rotatable bonds is 4. The first-order chi connectivity index (χ1) is 9.86. The van der Waals surface area contributed by atoms with Crippen molar-refractivity contribution in [1.82, 2.24) is 4.31 Å². The van der Waals surface area contributed by atoms with Crippen LogP contribution in [0, 0.1) is 10.1 Å². The van der Waals surface area contributed by atoms with Crippen LogP contribution < -0.4 is 0 Å². The van der Waals surface area contributed by atoms with E-state index in [2.05, 4.69) is 0 Å². The summed E-state index contributed by atoms with van der Waals surface area (Å²) in [7, 11) is -3.77. The lowest BCUT2D eigenvalue weighted by Gasteiger charge is -2.31. The Hall–Kier alpha value is -1.32. The molecule has 7 nitrogen and oxygen atoms in total. The number of nitrogens with zero attached hydrogens (tertiary/aromatic N) is 2. The van der Waals surface area contributed by atoms with Gasteiger partial charge in [0.15, 0.2) is 5.75 Å². The lowest BCUT2D eigenvalue weighted by molar-refractivity contribution is -0.386. The molecule has 1 heterocycles. The summed E-state index contributed by atoms with van der Waals surface area (Å²) in [4.78, 5) is 9.85. The molecule has 0 aromatic heterocycles. The Labute approximate surface area is 127 Å². The smallest absolute Gasteiger partial charge is 0.312 e. The number of hydrogen-bond acceptors (Lipinski definition) is 6. The molecule has 0 bridgehead atoms. The minimum atomic E-state index is -3.77. The molecule has 1 aromatic carbocycles. The van der Waals surface area contributed by atoms with Gasteiger partial charge < -0.3 is 5.11 Å². The van der Waals surface area contributed by atoms with Crippen LogP contribution in [0.5, 0.6) is 5.75 Å². The molecule has 1 aliphatic rings. The van der Waals surface area contributed by atoms with E-state index in [0.29, 0.717) is 18.8 Å². The number of aromatic hydroxyl groups is 1. The molecule has 1 aliphatic heterocycles. The number of benzene rings is 1.